The molecule has 1 N–H and O–H groups in total. The van der Waals surface area contributed by atoms with Gasteiger partial charge in [-0.05, 0) is 30.9 Å². The zero-order valence-electron chi connectivity index (χ0n) is 13.8. The number of sulfonamides is 1. The van der Waals surface area contributed by atoms with Gasteiger partial charge in [0.25, 0.3) is 10.0 Å². The number of benzene rings is 1. The van der Waals surface area contributed by atoms with Crippen molar-refractivity contribution in [1.82, 2.24) is 14.3 Å². The molecule has 1 amide bonds. The van der Waals surface area contributed by atoms with E-state index in [2.05, 4.69) is 9.97 Å². The summed E-state index contributed by atoms with van der Waals surface area (Å²) in [4.78, 5) is 21.3. The molecule has 1 saturated heterocycles. The highest BCUT2D eigenvalue weighted by atomic mass is 32.2. The van der Waals surface area contributed by atoms with Crippen LogP contribution in [0.15, 0.2) is 41.8 Å². The number of para-hydroxylation sites is 1. The quantitative estimate of drug-likeness (QED) is 0.896. The monoisotopic (exact) mass is 360 g/mol. The van der Waals surface area contributed by atoms with Crippen LogP contribution in [0.2, 0.25) is 0 Å². The van der Waals surface area contributed by atoms with Gasteiger partial charge in [-0.25, -0.2) is 13.4 Å². The van der Waals surface area contributed by atoms with E-state index in [4.69, 9.17) is 0 Å². The van der Waals surface area contributed by atoms with Crippen molar-refractivity contribution in [3.63, 3.8) is 0 Å². The molecule has 0 saturated carbocycles. The van der Waals surface area contributed by atoms with E-state index in [1.165, 1.54) is 22.4 Å². The van der Waals surface area contributed by atoms with Gasteiger partial charge in [-0.2, -0.15) is 4.31 Å². The predicted octanol–water partition coefficient (Wildman–Crippen LogP) is 1.40. The number of carbonyl (C=O) groups is 1. The van der Waals surface area contributed by atoms with Crippen LogP contribution in [0.5, 0.6) is 0 Å². The van der Waals surface area contributed by atoms with E-state index in [-0.39, 0.29) is 23.4 Å². The van der Waals surface area contributed by atoms with Crippen LogP contribution in [0.3, 0.4) is 0 Å². The fourth-order valence-electron chi connectivity index (χ4n) is 3.67. The molecule has 0 bridgehead atoms. The van der Waals surface area contributed by atoms with Gasteiger partial charge in [0.05, 0.1) is 18.4 Å². The highest BCUT2D eigenvalue weighted by Crippen LogP contribution is 2.31. The van der Waals surface area contributed by atoms with Crippen LogP contribution in [0, 0.1) is 5.92 Å². The Kier molecular flexibility index (Phi) is 4.09. The maximum absolute atomic E-state index is 13.0. The molecular weight excluding hydrogens is 340 g/mol. The summed E-state index contributed by atoms with van der Waals surface area (Å²) >= 11 is 0. The van der Waals surface area contributed by atoms with E-state index in [0.29, 0.717) is 25.9 Å². The molecule has 2 aromatic rings. The smallest absolute Gasteiger partial charge is 0.260 e. The van der Waals surface area contributed by atoms with E-state index in [1.807, 2.05) is 29.2 Å². The number of aromatic nitrogens is 2. The summed E-state index contributed by atoms with van der Waals surface area (Å²) in [5, 5.41) is 0.0760. The number of nitrogens with zero attached hydrogens (tertiary/aromatic N) is 3. The van der Waals surface area contributed by atoms with Crippen molar-refractivity contribution in [2.45, 2.75) is 24.3 Å². The Morgan fingerprint density at radius 2 is 2.08 bits per heavy atom. The van der Waals surface area contributed by atoms with Crippen molar-refractivity contribution in [3.05, 3.63) is 42.4 Å². The van der Waals surface area contributed by atoms with Crippen molar-refractivity contribution < 1.29 is 13.2 Å². The fraction of sp³-hybridized carbons (Fsp3) is 0.412. The van der Waals surface area contributed by atoms with E-state index in [9.17, 15) is 13.2 Å². The van der Waals surface area contributed by atoms with Crippen LogP contribution >= 0.6 is 0 Å². The first-order valence-electron chi connectivity index (χ1n) is 8.45. The van der Waals surface area contributed by atoms with Gasteiger partial charge in [0.15, 0.2) is 5.03 Å². The second-order valence-electron chi connectivity index (χ2n) is 6.49. The van der Waals surface area contributed by atoms with Crippen molar-refractivity contribution >= 4 is 21.6 Å². The normalized spacial score (nSPS) is 21.3. The van der Waals surface area contributed by atoms with Gasteiger partial charge >= 0.3 is 0 Å². The Bertz CT molecular complexity index is 879. The van der Waals surface area contributed by atoms with Gasteiger partial charge < -0.3 is 9.88 Å². The van der Waals surface area contributed by atoms with Crippen LogP contribution in [0.25, 0.3) is 0 Å². The zero-order valence-corrected chi connectivity index (χ0v) is 14.6. The second-order valence-corrected chi connectivity index (χ2v) is 8.39. The molecule has 1 unspecified atom stereocenters. The minimum atomic E-state index is -3.62. The summed E-state index contributed by atoms with van der Waals surface area (Å²) in [5.74, 6) is -0.285. The predicted molar refractivity (Wildman–Crippen MR) is 92.6 cm³/mol. The van der Waals surface area contributed by atoms with Gasteiger partial charge in [-0.15, -0.1) is 0 Å². The number of fused-ring (bicyclic) bond motifs is 1. The number of nitrogens with one attached hydrogen (secondary N) is 1. The molecule has 3 heterocycles. The minimum absolute atomic E-state index is 0.0226. The molecule has 7 nitrogen and oxygen atoms in total. The average Bonchev–Trinajstić information content (AvgIpc) is 3.31. The van der Waals surface area contributed by atoms with Crippen molar-refractivity contribution in [2.75, 3.05) is 24.5 Å². The Labute approximate surface area is 146 Å². The molecule has 2 aliphatic heterocycles. The molecule has 8 heteroatoms. The fourth-order valence-corrected chi connectivity index (χ4v) is 5.09. The van der Waals surface area contributed by atoms with E-state index < -0.39 is 10.0 Å². The first-order valence-corrected chi connectivity index (χ1v) is 9.89. The Morgan fingerprint density at radius 3 is 2.88 bits per heavy atom. The summed E-state index contributed by atoms with van der Waals surface area (Å²) in [6, 6.07) is 7.91. The van der Waals surface area contributed by atoms with Gasteiger partial charge in [-0.3, -0.25) is 4.79 Å². The molecule has 132 valence electrons. The first-order chi connectivity index (χ1) is 12.1. The molecule has 1 atom stereocenters. The van der Waals surface area contributed by atoms with Crippen molar-refractivity contribution in [2.24, 2.45) is 5.92 Å². The van der Waals surface area contributed by atoms with Crippen LogP contribution in [-0.4, -0.2) is 48.2 Å². The van der Waals surface area contributed by atoms with Gasteiger partial charge in [0, 0.05) is 25.3 Å². The van der Waals surface area contributed by atoms with Gasteiger partial charge in [0.2, 0.25) is 5.91 Å². The van der Waals surface area contributed by atoms with Gasteiger partial charge in [-0.1, -0.05) is 18.2 Å². The van der Waals surface area contributed by atoms with E-state index in [1.54, 1.807) is 0 Å². The lowest BCUT2D eigenvalue weighted by Gasteiger charge is -2.33. The number of hydrogen-bond donors (Lipinski definition) is 1. The van der Waals surface area contributed by atoms with Crippen LogP contribution in [-0.2, 0) is 21.2 Å². The Balaban J connectivity index is 1.53. The number of piperidine rings is 1. The molecule has 4 rings (SSSR count). The zero-order chi connectivity index (χ0) is 17.4. The Hall–Kier alpha value is -2.19. The summed E-state index contributed by atoms with van der Waals surface area (Å²) in [7, 11) is -3.62. The third-order valence-corrected chi connectivity index (χ3v) is 6.77. The number of rotatable bonds is 3. The SMILES string of the molecule is O=C(C1CCCN(S(=O)(=O)c2cnc[nH]2)C1)N1CCc2ccccc21. The second kappa shape index (κ2) is 6.27. The molecule has 2 aliphatic rings. The highest BCUT2D eigenvalue weighted by molar-refractivity contribution is 7.89. The van der Waals surface area contributed by atoms with Crippen LogP contribution in [0.4, 0.5) is 5.69 Å². The van der Waals surface area contributed by atoms with E-state index >= 15 is 0 Å². The largest absolute Gasteiger partial charge is 0.335 e. The summed E-state index contributed by atoms with van der Waals surface area (Å²) in [6.45, 7) is 1.32. The standard InChI is InChI=1S/C17H20N4O3S/c22-17(21-9-7-13-4-1-2-6-15(13)21)14-5-3-8-20(11-14)25(23,24)16-10-18-12-19-16/h1-2,4,6,10,12,14H,3,5,7-9,11H2,(H,18,19). The first kappa shape index (κ1) is 16.3. The number of carbonyl (C=O) groups excluding carboxylic acids is 1. The van der Waals surface area contributed by atoms with Crippen LogP contribution < -0.4 is 4.90 Å². The maximum atomic E-state index is 13.0. The molecule has 0 spiro atoms. The molecule has 25 heavy (non-hydrogen) atoms. The summed E-state index contributed by atoms with van der Waals surface area (Å²) < 4.78 is 26.7. The minimum Gasteiger partial charge on any atom is -0.335 e. The number of aromatic amines is 1. The average molecular weight is 360 g/mol. The van der Waals surface area contributed by atoms with E-state index in [0.717, 1.165) is 12.1 Å². The van der Waals surface area contributed by atoms with Crippen LogP contribution in [0.1, 0.15) is 18.4 Å². The molecular formula is C17H20N4O3S. The molecule has 1 fully saturated rings. The third kappa shape index (κ3) is 2.85. The molecule has 0 aliphatic carbocycles. The summed E-state index contributed by atoms with van der Waals surface area (Å²) in [5.41, 5.74) is 2.13. The number of amides is 1. The topological polar surface area (TPSA) is 86.4 Å². The lowest BCUT2D eigenvalue weighted by Crippen LogP contribution is -2.46. The molecule has 1 aromatic carbocycles. The lowest BCUT2D eigenvalue weighted by atomic mass is 9.98. The summed E-state index contributed by atoms with van der Waals surface area (Å²) in [6.07, 6.45) is 4.90. The molecule has 0 radical (unpaired) electrons. The van der Waals surface area contributed by atoms with Crippen molar-refractivity contribution in [1.29, 1.82) is 0 Å². The number of H-pyrrole nitrogens is 1. The lowest BCUT2D eigenvalue weighted by molar-refractivity contribution is -0.123. The van der Waals surface area contributed by atoms with Gasteiger partial charge in [0.1, 0.15) is 0 Å². The molecule has 1 aromatic heterocycles. The number of anilines is 1. The highest BCUT2D eigenvalue weighted by Gasteiger charge is 2.37. The number of imidazole rings is 1. The Morgan fingerprint density at radius 1 is 1.24 bits per heavy atom. The van der Waals surface area contributed by atoms with Crippen molar-refractivity contribution in [3.8, 4) is 0 Å². The number of hydrogen-bond acceptors (Lipinski definition) is 4. The third-order valence-electron chi connectivity index (χ3n) is 4.98. The maximum Gasteiger partial charge on any atom is 0.260 e.